The van der Waals surface area contributed by atoms with Crippen LogP contribution in [-0.4, -0.2) is 37.0 Å². The van der Waals surface area contributed by atoms with Crippen molar-refractivity contribution < 1.29 is 31.5 Å². The summed E-state index contributed by atoms with van der Waals surface area (Å²) in [6.45, 7) is 2.27. The van der Waals surface area contributed by atoms with Gasteiger partial charge in [0.1, 0.15) is 0 Å². The number of carbonyl (C=O) groups excluding carboxylic acids is 1. The van der Waals surface area contributed by atoms with Crippen LogP contribution in [0.25, 0.3) is 0 Å². The predicted octanol–water partition coefficient (Wildman–Crippen LogP) is 4.54. The number of hydrogen-bond acceptors (Lipinski definition) is 5. The number of hydrogen-bond donors (Lipinski definition) is 2. The third-order valence-corrected chi connectivity index (χ3v) is 6.91. The molecule has 2 N–H and O–H groups in total. The number of anilines is 1. The zero-order valence-corrected chi connectivity index (χ0v) is 17.6. The third-order valence-electron chi connectivity index (χ3n) is 3.94. The Kier molecular flexibility index (Phi) is 6.93. The lowest BCUT2D eigenvalue weighted by Gasteiger charge is -2.25. The van der Waals surface area contributed by atoms with Gasteiger partial charge in [0.05, 0.1) is 20.5 Å². The lowest BCUT2D eigenvalue weighted by atomic mass is 10.1. The first-order valence-electron chi connectivity index (χ1n) is 8.18. The number of amides is 1. The van der Waals surface area contributed by atoms with Crippen LogP contribution in [0.2, 0.25) is 5.02 Å². The molecule has 0 radical (unpaired) electrons. The highest BCUT2D eigenvalue weighted by molar-refractivity contribution is 7.99. The molecule has 2 aromatic carbocycles. The summed E-state index contributed by atoms with van der Waals surface area (Å²) in [5.74, 6) is -0.914. The fourth-order valence-corrected chi connectivity index (χ4v) is 4.40. The van der Waals surface area contributed by atoms with Gasteiger partial charge in [-0.05, 0) is 55.1 Å². The van der Waals surface area contributed by atoms with Gasteiger partial charge in [-0.3, -0.25) is 4.79 Å². The monoisotopic (exact) mass is 467 g/mol. The van der Waals surface area contributed by atoms with Crippen LogP contribution in [0.4, 0.5) is 18.9 Å². The van der Waals surface area contributed by atoms with Crippen LogP contribution < -0.4 is 5.32 Å². The second kappa shape index (κ2) is 8.55. The van der Waals surface area contributed by atoms with Crippen LogP contribution in [0.3, 0.4) is 0 Å². The highest BCUT2D eigenvalue weighted by atomic mass is 35.5. The second-order valence-corrected chi connectivity index (χ2v) is 9.77. The molecule has 0 saturated carbocycles. The van der Waals surface area contributed by atoms with E-state index < -0.39 is 27.5 Å². The Morgan fingerprint density at radius 2 is 1.69 bits per heavy atom. The number of rotatable bonds is 6. The van der Waals surface area contributed by atoms with Crippen molar-refractivity contribution in [3.8, 4) is 0 Å². The van der Waals surface area contributed by atoms with E-state index in [-0.39, 0.29) is 20.5 Å². The molecule has 0 fully saturated rings. The van der Waals surface area contributed by atoms with Gasteiger partial charge in [0, 0.05) is 4.90 Å². The molecule has 1 unspecified atom stereocenters. The average molecular weight is 468 g/mol. The van der Waals surface area contributed by atoms with E-state index in [1.807, 2.05) is 12.2 Å². The maximum Gasteiger partial charge on any atom is 0.426 e. The topological polar surface area (TPSA) is 83.5 Å². The number of alkyl halides is 3. The summed E-state index contributed by atoms with van der Waals surface area (Å²) in [7, 11) is -3.93. The van der Waals surface area contributed by atoms with Crippen LogP contribution in [0.15, 0.2) is 57.2 Å². The summed E-state index contributed by atoms with van der Waals surface area (Å²) in [4.78, 5) is 12.5. The van der Waals surface area contributed by atoms with Crippen LogP contribution >= 0.6 is 23.4 Å². The number of halogens is 4. The van der Waals surface area contributed by atoms with Gasteiger partial charge in [-0.1, -0.05) is 18.5 Å². The molecular formula is C18H17ClF3NO4S2. The standard InChI is InChI=1S/C18H17ClF3NO4S2/c1-3-28-11-4-6-12(7-5-11)29(26,27)13-8-9-15(14(19)10-13)23-16(24)17(2,25)18(20,21)22/h4-10,25H,3H2,1-2H3,(H,23,24). The second-order valence-electron chi connectivity index (χ2n) is 6.07. The van der Waals surface area contributed by atoms with Gasteiger partial charge in [-0.2, -0.15) is 13.2 Å². The molecule has 0 bridgehead atoms. The first-order valence-corrected chi connectivity index (χ1v) is 11.0. The first kappa shape index (κ1) is 23.5. The molecule has 158 valence electrons. The summed E-state index contributed by atoms with van der Waals surface area (Å²) in [6.07, 6.45) is -5.20. The quantitative estimate of drug-likeness (QED) is 0.609. The van der Waals surface area contributed by atoms with Gasteiger partial charge >= 0.3 is 6.18 Å². The summed E-state index contributed by atoms with van der Waals surface area (Å²) in [5.41, 5.74) is -3.91. The smallest absolute Gasteiger partial charge is 0.373 e. The molecule has 11 heteroatoms. The summed E-state index contributed by atoms with van der Waals surface area (Å²) >= 11 is 7.50. The minimum absolute atomic E-state index is 0.0193. The van der Waals surface area contributed by atoms with Crippen molar-refractivity contribution in [2.45, 2.75) is 40.3 Å². The van der Waals surface area contributed by atoms with E-state index in [4.69, 9.17) is 11.6 Å². The van der Waals surface area contributed by atoms with Crippen LogP contribution in [0, 0.1) is 0 Å². The molecular weight excluding hydrogens is 451 g/mol. The van der Waals surface area contributed by atoms with Gasteiger partial charge < -0.3 is 10.4 Å². The summed E-state index contributed by atoms with van der Waals surface area (Å²) < 4.78 is 63.7. The number of sulfone groups is 1. The highest BCUT2D eigenvalue weighted by Gasteiger charge is 2.55. The van der Waals surface area contributed by atoms with Crippen molar-refractivity contribution in [1.29, 1.82) is 0 Å². The predicted molar refractivity (Wildman–Crippen MR) is 105 cm³/mol. The van der Waals surface area contributed by atoms with Gasteiger partial charge in [0.15, 0.2) is 0 Å². The molecule has 0 aromatic heterocycles. The molecule has 1 atom stereocenters. The molecule has 2 aromatic rings. The van der Waals surface area contributed by atoms with Crippen molar-refractivity contribution in [3.63, 3.8) is 0 Å². The van der Waals surface area contributed by atoms with Crippen molar-refractivity contribution in [2.75, 3.05) is 11.1 Å². The van der Waals surface area contributed by atoms with Crippen LogP contribution in [0.5, 0.6) is 0 Å². The molecule has 5 nitrogen and oxygen atoms in total. The molecule has 0 heterocycles. The van der Waals surface area contributed by atoms with Gasteiger partial charge in [0.25, 0.3) is 5.91 Å². The van der Waals surface area contributed by atoms with Crippen molar-refractivity contribution >= 4 is 44.8 Å². The molecule has 0 spiro atoms. The Bertz CT molecular complexity index is 1010. The zero-order chi connectivity index (χ0) is 22.0. The molecule has 0 aliphatic carbocycles. The molecule has 1 amide bonds. The molecule has 29 heavy (non-hydrogen) atoms. The minimum atomic E-state index is -5.20. The lowest BCUT2D eigenvalue weighted by molar-refractivity contribution is -0.242. The highest BCUT2D eigenvalue weighted by Crippen LogP contribution is 2.33. The fourth-order valence-electron chi connectivity index (χ4n) is 2.15. The lowest BCUT2D eigenvalue weighted by Crippen LogP contribution is -2.52. The Morgan fingerprint density at radius 1 is 1.14 bits per heavy atom. The van der Waals surface area contributed by atoms with E-state index in [1.165, 1.54) is 12.1 Å². The Hall–Kier alpha value is -1.75. The van der Waals surface area contributed by atoms with Crippen molar-refractivity contribution in [2.24, 2.45) is 0 Å². The van der Waals surface area contributed by atoms with Crippen LogP contribution in [-0.2, 0) is 14.6 Å². The maximum absolute atomic E-state index is 12.7. The Morgan fingerprint density at radius 3 is 2.17 bits per heavy atom. The molecule has 0 saturated heterocycles. The van der Waals surface area contributed by atoms with E-state index >= 15 is 0 Å². The summed E-state index contributed by atoms with van der Waals surface area (Å²) in [6, 6.07) is 9.39. The average Bonchev–Trinajstić information content (AvgIpc) is 2.63. The normalized spacial score (nSPS) is 14.3. The zero-order valence-electron chi connectivity index (χ0n) is 15.2. The molecule has 2 rings (SSSR count). The van der Waals surface area contributed by atoms with E-state index in [0.717, 1.165) is 28.8 Å². The van der Waals surface area contributed by atoms with E-state index in [2.05, 4.69) is 0 Å². The SMILES string of the molecule is CCSc1ccc(S(=O)(=O)c2ccc(NC(=O)C(C)(O)C(F)(F)F)c(Cl)c2)cc1. The number of aliphatic hydroxyl groups is 1. The first-order chi connectivity index (χ1) is 13.3. The van der Waals surface area contributed by atoms with E-state index in [1.54, 1.807) is 23.9 Å². The number of thioether (sulfide) groups is 1. The molecule has 0 aliphatic heterocycles. The minimum Gasteiger partial charge on any atom is -0.373 e. The van der Waals surface area contributed by atoms with Gasteiger partial charge in [0.2, 0.25) is 15.4 Å². The van der Waals surface area contributed by atoms with E-state index in [0.29, 0.717) is 6.92 Å². The number of carbonyl (C=O) groups is 1. The Labute approximate surface area is 175 Å². The van der Waals surface area contributed by atoms with E-state index in [9.17, 15) is 31.5 Å². The van der Waals surface area contributed by atoms with Crippen LogP contribution in [0.1, 0.15) is 13.8 Å². The third kappa shape index (κ3) is 5.06. The van der Waals surface area contributed by atoms with Gasteiger partial charge in [-0.15, -0.1) is 11.8 Å². The number of benzene rings is 2. The number of nitrogens with one attached hydrogen (secondary N) is 1. The van der Waals surface area contributed by atoms with Crippen molar-refractivity contribution in [1.82, 2.24) is 0 Å². The largest absolute Gasteiger partial charge is 0.426 e. The molecule has 0 aliphatic rings. The van der Waals surface area contributed by atoms with Crippen molar-refractivity contribution in [3.05, 3.63) is 47.5 Å². The maximum atomic E-state index is 12.7. The fraction of sp³-hybridized carbons (Fsp3) is 0.278. The van der Waals surface area contributed by atoms with Gasteiger partial charge in [-0.25, -0.2) is 8.42 Å². The summed E-state index contributed by atoms with van der Waals surface area (Å²) in [5, 5.41) is 10.9. The Balaban J connectivity index is 2.30.